The molecule has 0 radical (unpaired) electrons. The Kier molecular flexibility index (Phi) is 7.29. The number of carbonyl (C=O) groups is 1. The quantitative estimate of drug-likeness (QED) is 0.622. The van der Waals surface area contributed by atoms with Crippen molar-refractivity contribution >= 4 is 49.2 Å². The number of piperidine rings is 1. The maximum Gasteiger partial charge on any atom is 0.244 e. The highest BCUT2D eigenvalue weighted by Crippen LogP contribution is 2.30. The maximum absolute atomic E-state index is 13.0. The summed E-state index contributed by atoms with van der Waals surface area (Å²) >= 11 is 12.0. The van der Waals surface area contributed by atoms with Crippen molar-refractivity contribution in [2.75, 3.05) is 13.1 Å². The van der Waals surface area contributed by atoms with Crippen molar-refractivity contribution in [3.05, 3.63) is 58.1 Å². The lowest BCUT2D eigenvalue weighted by Crippen LogP contribution is -2.45. The van der Waals surface area contributed by atoms with Gasteiger partial charge in [0, 0.05) is 24.7 Å². The highest BCUT2D eigenvalue weighted by atomic mass is 35.5. The van der Waals surface area contributed by atoms with Crippen LogP contribution in [0.1, 0.15) is 18.4 Å². The zero-order valence-corrected chi connectivity index (χ0v) is 19.4. The minimum Gasteiger partial charge on any atom is -0.352 e. The molecule has 1 fully saturated rings. The summed E-state index contributed by atoms with van der Waals surface area (Å²) < 4.78 is 49.9. The average molecular weight is 506 g/mol. The molecule has 1 heterocycles. The van der Waals surface area contributed by atoms with E-state index in [2.05, 4.69) is 5.32 Å². The second-order valence-corrected chi connectivity index (χ2v) is 11.5. The van der Waals surface area contributed by atoms with Crippen LogP contribution in [0.15, 0.2) is 52.3 Å². The molecular formula is C19H21Cl2N3O5S2. The van der Waals surface area contributed by atoms with Crippen LogP contribution in [0.4, 0.5) is 0 Å². The number of nitrogens with two attached hydrogens (primary N) is 1. The number of hydrogen-bond donors (Lipinski definition) is 2. The number of amides is 1. The first kappa shape index (κ1) is 24.0. The van der Waals surface area contributed by atoms with Crippen molar-refractivity contribution < 1.29 is 21.6 Å². The molecule has 0 unspecified atom stereocenters. The molecule has 1 saturated heterocycles. The maximum atomic E-state index is 13.0. The van der Waals surface area contributed by atoms with E-state index in [9.17, 15) is 21.6 Å². The standard InChI is InChI=1S/C19H21Cl2N3O5S2/c20-15-5-8-17(21)18(10-15)31(28,29)24-9-1-2-14(12-24)19(25)23-11-13-3-6-16(7-4-13)30(22,26)27/h3-8,10,14H,1-2,9,11-12H2,(H,23,25)(H2,22,26,27)/t14-/m1/s1. The van der Waals surface area contributed by atoms with Crippen LogP contribution < -0.4 is 10.5 Å². The van der Waals surface area contributed by atoms with Gasteiger partial charge in [-0.1, -0.05) is 35.3 Å². The number of hydrogen-bond acceptors (Lipinski definition) is 5. The zero-order chi connectivity index (χ0) is 22.8. The molecule has 3 N–H and O–H groups in total. The molecule has 31 heavy (non-hydrogen) atoms. The molecule has 2 aromatic carbocycles. The van der Waals surface area contributed by atoms with Crippen molar-refractivity contribution in [2.24, 2.45) is 11.1 Å². The van der Waals surface area contributed by atoms with E-state index in [0.29, 0.717) is 18.4 Å². The summed E-state index contributed by atoms with van der Waals surface area (Å²) in [6.07, 6.45) is 1.07. The second kappa shape index (κ2) is 9.43. The van der Waals surface area contributed by atoms with Crippen LogP contribution in [0.3, 0.4) is 0 Å². The van der Waals surface area contributed by atoms with Gasteiger partial charge in [-0.05, 0) is 48.7 Å². The Morgan fingerprint density at radius 3 is 2.42 bits per heavy atom. The van der Waals surface area contributed by atoms with E-state index in [1.807, 2.05) is 0 Å². The predicted molar refractivity (Wildman–Crippen MR) is 118 cm³/mol. The van der Waals surface area contributed by atoms with Gasteiger partial charge in [0.05, 0.1) is 15.8 Å². The molecule has 2 aromatic rings. The van der Waals surface area contributed by atoms with E-state index >= 15 is 0 Å². The smallest absolute Gasteiger partial charge is 0.244 e. The minimum atomic E-state index is -3.90. The van der Waals surface area contributed by atoms with E-state index < -0.39 is 26.0 Å². The molecule has 3 rings (SSSR count). The minimum absolute atomic E-state index is 0.0182. The van der Waals surface area contributed by atoms with Crippen LogP contribution in [-0.4, -0.2) is 40.1 Å². The monoisotopic (exact) mass is 505 g/mol. The van der Waals surface area contributed by atoms with Crippen LogP contribution in [0.25, 0.3) is 0 Å². The van der Waals surface area contributed by atoms with Gasteiger partial charge in [0.2, 0.25) is 26.0 Å². The second-order valence-electron chi connectivity index (χ2n) is 7.18. The Labute approximate surface area is 191 Å². The number of rotatable bonds is 6. The lowest BCUT2D eigenvalue weighted by molar-refractivity contribution is -0.126. The fourth-order valence-electron chi connectivity index (χ4n) is 3.32. The SMILES string of the molecule is NS(=O)(=O)c1ccc(CNC(=O)[C@@H]2CCCN(S(=O)(=O)c3cc(Cl)ccc3Cl)C2)cc1. The van der Waals surface area contributed by atoms with Gasteiger partial charge in [-0.3, -0.25) is 4.79 Å². The molecule has 1 atom stereocenters. The van der Waals surface area contributed by atoms with Crippen LogP contribution in [0.2, 0.25) is 10.0 Å². The third-order valence-electron chi connectivity index (χ3n) is 4.98. The van der Waals surface area contributed by atoms with Gasteiger partial charge in [-0.2, -0.15) is 4.31 Å². The summed E-state index contributed by atoms with van der Waals surface area (Å²) in [4.78, 5) is 12.5. The molecule has 0 saturated carbocycles. The van der Waals surface area contributed by atoms with E-state index in [0.717, 1.165) is 0 Å². The van der Waals surface area contributed by atoms with Crippen LogP contribution in [-0.2, 0) is 31.4 Å². The molecule has 168 valence electrons. The van der Waals surface area contributed by atoms with Gasteiger partial charge in [0.25, 0.3) is 0 Å². The molecule has 1 aliphatic rings. The molecular weight excluding hydrogens is 485 g/mol. The fourth-order valence-corrected chi connectivity index (χ4v) is 6.10. The van der Waals surface area contributed by atoms with E-state index in [1.54, 1.807) is 12.1 Å². The predicted octanol–water partition coefficient (Wildman–Crippen LogP) is 2.36. The molecule has 8 nitrogen and oxygen atoms in total. The molecule has 0 spiro atoms. The number of benzene rings is 2. The first-order valence-corrected chi connectivity index (χ1v) is 13.1. The number of sulfonamides is 2. The van der Waals surface area contributed by atoms with E-state index in [4.69, 9.17) is 28.3 Å². The third kappa shape index (κ3) is 5.76. The summed E-state index contributed by atoms with van der Waals surface area (Å²) in [6, 6.07) is 10.1. The molecule has 1 amide bonds. The Bertz CT molecular complexity index is 1190. The van der Waals surface area contributed by atoms with Crippen LogP contribution in [0, 0.1) is 5.92 Å². The summed E-state index contributed by atoms with van der Waals surface area (Å²) in [7, 11) is -7.68. The largest absolute Gasteiger partial charge is 0.352 e. The van der Waals surface area contributed by atoms with Crippen molar-refractivity contribution in [2.45, 2.75) is 29.2 Å². The molecule has 12 heteroatoms. The van der Waals surface area contributed by atoms with Gasteiger partial charge in [-0.25, -0.2) is 22.0 Å². The summed E-state index contributed by atoms with van der Waals surface area (Å²) in [5.41, 5.74) is 0.687. The Hall–Kier alpha value is -1.69. The molecule has 0 bridgehead atoms. The summed E-state index contributed by atoms with van der Waals surface area (Å²) in [5, 5.41) is 8.16. The fraction of sp³-hybridized carbons (Fsp3) is 0.316. The van der Waals surface area contributed by atoms with Gasteiger partial charge in [0.1, 0.15) is 4.90 Å². The highest BCUT2D eigenvalue weighted by molar-refractivity contribution is 7.89. The molecule has 0 aromatic heterocycles. The van der Waals surface area contributed by atoms with Gasteiger partial charge < -0.3 is 5.32 Å². The van der Waals surface area contributed by atoms with Crippen molar-refractivity contribution in [3.8, 4) is 0 Å². The van der Waals surface area contributed by atoms with Crippen molar-refractivity contribution in [1.29, 1.82) is 0 Å². The lowest BCUT2D eigenvalue weighted by atomic mass is 9.99. The first-order chi connectivity index (χ1) is 14.5. The molecule has 1 aliphatic heterocycles. The Morgan fingerprint density at radius 2 is 1.77 bits per heavy atom. The van der Waals surface area contributed by atoms with E-state index in [-0.39, 0.29) is 45.4 Å². The zero-order valence-electron chi connectivity index (χ0n) is 16.3. The van der Waals surface area contributed by atoms with Gasteiger partial charge in [0.15, 0.2) is 0 Å². The highest BCUT2D eigenvalue weighted by Gasteiger charge is 2.34. The average Bonchev–Trinajstić information content (AvgIpc) is 2.73. The van der Waals surface area contributed by atoms with Crippen LogP contribution >= 0.6 is 23.2 Å². The van der Waals surface area contributed by atoms with E-state index in [1.165, 1.54) is 34.6 Å². The number of halogens is 2. The van der Waals surface area contributed by atoms with Gasteiger partial charge in [-0.15, -0.1) is 0 Å². The summed E-state index contributed by atoms with van der Waals surface area (Å²) in [6.45, 7) is 0.485. The number of primary sulfonamides is 1. The van der Waals surface area contributed by atoms with Crippen molar-refractivity contribution in [1.82, 2.24) is 9.62 Å². The molecule has 0 aliphatic carbocycles. The third-order valence-corrected chi connectivity index (χ3v) is 8.50. The number of carbonyl (C=O) groups excluding carboxylic acids is 1. The Morgan fingerprint density at radius 1 is 1.10 bits per heavy atom. The Balaban J connectivity index is 1.66. The summed E-state index contributed by atoms with van der Waals surface area (Å²) in [5.74, 6) is -0.808. The lowest BCUT2D eigenvalue weighted by Gasteiger charge is -2.31. The number of nitrogens with one attached hydrogen (secondary N) is 1. The van der Waals surface area contributed by atoms with Crippen LogP contribution in [0.5, 0.6) is 0 Å². The number of nitrogens with zero attached hydrogens (tertiary/aromatic N) is 1. The first-order valence-electron chi connectivity index (χ1n) is 9.33. The van der Waals surface area contributed by atoms with Crippen molar-refractivity contribution in [3.63, 3.8) is 0 Å². The van der Waals surface area contributed by atoms with Gasteiger partial charge >= 0.3 is 0 Å². The normalized spacial score (nSPS) is 18.0. The topological polar surface area (TPSA) is 127 Å².